The number of pyridine rings is 1. The molecule has 0 spiro atoms. The van der Waals surface area contributed by atoms with Gasteiger partial charge in [-0.05, 0) is 12.1 Å². The van der Waals surface area contributed by atoms with Gasteiger partial charge in [0, 0.05) is 51.1 Å². The number of aromatic nitrogens is 3. The van der Waals surface area contributed by atoms with Crippen molar-refractivity contribution in [2.24, 2.45) is 0 Å². The van der Waals surface area contributed by atoms with Crippen LogP contribution < -0.4 is 0 Å². The minimum absolute atomic E-state index is 0.0244. The summed E-state index contributed by atoms with van der Waals surface area (Å²) in [6.07, 6.45) is 2.77. The molecular weight excluding hydrogens is 298 g/mol. The number of carbonyl (C=O) groups is 1. The van der Waals surface area contributed by atoms with E-state index in [2.05, 4.69) is 15.1 Å². The third-order valence-electron chi connectivity index (χ3n) is 3.80. The fraction of sp³-hybridized carbons (Fsp3) is 0.467. The van der Waals surface area contributed by atoms with E-state index >= 15 is 0 Å². The van der Waals surface area contributed by atoms with Gasteiger partial charge in [-0.25, -0.2) is 0 Å². The number of hydrogen-bond donors (Lipinski definition) is 1. The zero-order valence-corrected chi connectivity index (χ0v) is 12.9. The molecule has 1 amide bonds. The largest absolute Gasteiger partial charge is 0.390 e. The Morgan fingerprint density at radius 3 is 2.87 bits per heavy atom. The molecular formula is C15H19N5O3. The van der Waals surface area contributed by atoms with Crippen molar-refractivity contribution in [3.05, 3.63) is 30.4 Å². The number of β-amino-alcohol motifs (C(OH)–C–C–N with tert-alkyl or cyclic N) is 1. The highest BCUT2D eigenvalue weighted by molar-refractivity contribution is 5.73. The zero-order valence-electron chi connectivity index (χ0n) is 12.9. The van der Waals surface area contributed by atoms with Crippen molar-refractivity contribution in [2.45, 2.75) is 19.6 Å². The smallest absolute Gasteiger partial charge is 0.241 e. The maximum atomic E-state index is 11.5. The SMILES string of the molecule is CC(=O)N1CCN(Cc2nc(-c3ccncc3)no2)C[C@@H](O)C1. The summed E-state index contributed by atoms with van der Waals surface area (Å²) in [5, 5.41) is 14.0. The van der Waals surface area contributed by atoms with Crippen LogP contribution >= 0.6 is 0 Å². The fourth-order valence-electron chi connectivity index (χ4n) is 2.61. The number of aliphatic hydroxyl groups excluding tert-OH is 1. The summed E-state index contributed by atoms with van der Waals surface area (Å²) in [7, 11) is 0. The van der Waals surface area contributed by atoms with Gasteiger partial charge >= 0.3 is 0 Å². The van der Waals surface area contributed by atoms with E-state index in [0.29, 0.717) is 44.4 Å². The fourth-order valence-corrected chi connectivity index (χ4v) is 2.61. The lowest BCUT2D eigenvalue weighted by atomic mass is 10.2. The van der Waals surface area contributed by atoms with Gasteiger partial charge in [0.1, 0.15) is 0 Å². The number of rotatable bonds is 3. The average Bonchev–Trinajstić information content (AvgIpc) is 2.91. The Labute approximate surface area is 133 Å². The van der Waals surface area contributed by atoms with Gasteiger partial charge in [0.25, 0.3) is 0 Å². The van der Waals surface area contributed by atoms with Gasteiger partial charge in [-0.3, -0.25) is 14.7 Å². The maximum absolute atomic E-state index is 11.5. The van der Waals surface area contributed by atoms with Gasteiger partial charge in [-0.2, -0.15) is 4.98 Å². The van der Waals surface area contributed by atoms with Crippen LogP contribution in [0.3, 0.4) is 0 Å². The van der Waals surface area contributed by atoms with Crippen molar-refractivity contribution in [2.75, 3.05) is 26.2 Å². The van der Waals surface area contributed by atoms with Crippen molar-refractivity contribution >= 4 is 5.91 Å². The van der Waals surface area contributed by atoms with Gasteiger partial charge in [0.05, 0.1) is 12.6 Å². The highest BCUT2D eigenvalue weighted by Gasteiger charge is 2.24. The number of amides is 1. The van der Waals surface area contributed by atoms with Crippen LogP contribution in [0.15, 0.2) is 29.0 Å². The minimum atomic E-state index is -0.580. The van der Waals surface area contributed by atoms with Crippen molar-refractivity contribution < 1.29 is 14.4 Å². The first-order valence-electron chi connectivity index (χ1n) is 7.51. The van der Waals surface area contributed by atoms with Crippen molar-refractivity contribution in [3.63, 3.8) is 0 Å². The summed E-state index contributed by atoms with van der Waals surface area (Å²) in [5.74, 6) is 0.979. The Balaban J connectivity index is 1.65. The molecule has 0 radical (unpaired) electrons. The summed E-state index contributed by atoms with van der Waals surface area (Å²) in [5.41, 5.74) is 0.841. The molecule has 1 fully saturated rings. The van der Waals surface area contributed by atoms with Crippen molar-refractivity contribution in [3.8, 4) is 11.4 Å². The van der Waals surface area contributed by atoms with Crippen LogP contribution in [-0.2, 0) is 11.3 Å². The second-order valence-electron chi connectivity index (χ2n) is 5.60. The molecule has 0 saturated carbocycles. The van der Waals surface area contributed by atoms with Gasteiger partial charge in [0.2, 0.25) is 17.6 Å². The number of carbonyl (C=O) groups excluding carboxylic acids is 1. The third-order valence-corrected chi connectivity index (χ3v) is 3.80. The second-order valence-corrected chi connectivity index (χ2v) is 5.60. The molecule has 0 aromatic carbocycles. The standard InChI is InChI=1S/C15H19N5O3/c1-11(21)20-7-6-19(8-13(22)9-20)10-14-17-15(18-23-14)12-2-4-16-5-3-12/h2-5,13,22H,6-10H2,1H3/t13-/m1/s1. The lowest BCUT2D eigenvalue weighted by Crippen LogP contribution is -2.36. The Kier molecular flexibility index (Phi) is 4.63. The molecule has 3 rings (SSSR count). The molecule has 23 heavy (non-hydrogen) atoms. The molecule has 1 N–H and O–H groups in total. The summed E-state index contributed by atoms with van der Waals surface area (Å²) >= 11 is 0. The molecule has 1 saturated heterocycles. The highest BCUT2D eigenvalue weighted by atomic mass is 16.5. The molecule has 8 nitrogen and oxygen atoms in total. The summed E-state index contributed by atoms with van der Waals surface area (Å²) in [4.78, 5) is 23.5. The number of nitrogens with zero attached hydrogens (tertiary/aromatic N) is 5. The van der Waals surface area contributed by atoms with E-state index in [1.807, 2.05) is 17.0 Å². The van der Waals surface area contributed by atoms with Crippen LogP contribution in [0.1, 0.15) is 12.8 Å². The van der Waals surface area contributed by atoms with Gasteiger partial charge < -0.3 is 14.5 Å². The monoisotopic (exact) mass is 317 g/mol. The average molecular weight is 317 g/mol. The van der Waals surface area contributed by atoms with E-state index in [9.17, 15) is 9.90 Å². The molecule has 1 aliphatic heterocycles. The van der Waals surface area contributed by atoms with E-state index in [4.69, 9.17) is 4.52 Å². The molecule has 122 valence electrons. The van der Waals surface area contributed by atoms with Gasteiger partial charge in [-0.1, -0.05) is 5.16 Å². The van der Waals surface area contributed by atoms with Gasteiger partial charge in [0.15, 0.2) is 0 Å². The predicted octanol–water partition coefficient (Wildman–Crippen LogP) is 0.157. The van der Waals surface area contributed by atoms with E-state index in [0.717, 1.165) is 5.56 Å². The Hall–Kier alpha value is -2.32. The van der Waals surface area contributed by atoms with Crippen LogP contribution in [-0.4, -0.2) is 68.2 Å². The molecule has 1 atom stereocenters. The molecule has 0 aliphatic carbocycles. The first-order chi connectivity index (χ1) is 11.1. The first-order valence-corrected chi connectivity index (χ1v) is 7.51. The maximum Gasteiger partial charge on any atom is 0.241 e. The van der Waals surface area contributed by atoms with Crippen LogP contribution in [0, 0.1) is 0 Å². The molecule has 8 heteroatoms. The highest BCUT2D eigenvalue weighted by Crippen LogP contribution is 2.15. The van der Waals surface area contributed by atoms with Crippen molar-refractivity contribution in [1.82, 2.24) is 24.9 Å². The summed E-state index contributed by atoms with van der Waals surface area (Å²) < 4.78 is 5.29. The topological polar surface area (TPSA) is 95.6 Å². The van der Waals surface area contributed by atoms with Crippen LogP contribution in [0.4, 0.5) is 0 Å². The molecule has 1 aliphatic rings. The lowest BCUT2D eigenvalue weighted by Gasteiger charge is -2.19. The van der Waals surface area contributed by atoms with Crippen LogP contribution in [0.2, 0.25) is 0 Å². The molecule has 2 aromatic heterocycles. The summed E-state index contributed by atoms with van der Waals surface area (Å²) in [6, 6.07) is 3.63. The van der Waals surface area contributed by atoms with E-state index in [1.54, 1.807) is 17.3 Å². The Morgan fingerprint density at radius 2 is 2.13 bits per heavy atom. The first kappa shape index (κ1) is 15.6. The number of aliphatic hydroxyl groups is 1. The van der Waals surface area contributed by atoms with E-state index in [1.165, 1.54) is 6.92 Å². The van der Waals surface area contributed by atoms with E-state index < -0.39 is 6.10 Å². The van der Waals surface area contributed by atoms with E-state index in [-0.39, 0.29) is 5.91 Å². The third kappa shape index (κ3) is 3.91. The molecule has 3 heterocycles. The predicted molar refractivity (Wildman–Crippen MR) is 81.1 cm³/mol. The lowest BCUT2D eigenvalue weighted by molar-refractivity contribution is -0.129. The number of hydrogen-bond acceptors (Lipinski definition) is 7. The Bertz CT molecular complexity index is 660. The summed E-state index contributed by atoms with van der Waals surface area (Å²) in [6.45, 7) is 4.03. The van der Waals surface area contributed by atoms with Crippen molar-refractivity contribution in [1.29, 1.82) is 0 Å². The normalized spacial score (nSPS) is 19.6. The quantitative estimate of drug-likeness (QED) is 0.861. The van der Waals surface area contributed by atoms with Gasteiger partial charge in [-0.15, -0.1) is 0 Å². The Morgan fingerprint density at radius 1 is 1.35 bits per heavy atom. The minimum Gasteiger partial charge on any atom is -0.390 e. The van der Waals surface area contributed by atoms with Crippen LogP contribution in [0.25, 0.3) is 11.4 Å². The molecule has 0 unspecified atom stereocenters. The zero-order chi connectivity index (χ0) is 16.2. The second kappa shape index (κ2) is 6.84. The molecule has 2 aromatic rings. The molecule has 0 bridgehead atoms. The van der Waals surface area contributed by atoms with Crippen LogP contribution in [0.5, 0.6) is 0 Å².